The van der Waals surface area contributed by atoms with E-state index < -0.39 is 0 Å². The summed E-state index contributed by atoms with van der Waals surface area (Å²) in [5.41, 5.74) is 4.01. The maximum absolute atomic E-state index is 12.8. The van der Waals surface area contributed by atoms with Crippen molar-refractivity contribution >= 4 is 35.4 Å². The van der Waals surface area contributed by atoms with Crippen molar-refractivity contribution in [3.63, 3.8) is 0 Å². The summed E-state index contributed by atoms with van der Waals surface area (Å²) in [7, 11) is 0. The number of carbonyl (C=O) groups is 1. The Morgan fingerprint density at radius 3 is 2.77 bits per heavy atom. The zero-order valence-electron chi connectivity index (χ0n) is 14.5. The molecule has 0 saturated heterocycles. The molecule has 0 saturated carbocycles. The largest absolute Gasteiger partial charge is 0.318 e. The van der Waals surface area contributed by atoms with Gasteiger partial charge < -0.3 is 10.2 Å². The first-order valence-corrected chi connectivity index (χ1v) is 8.38. The third kappa shape index (κ3) is 2.73. The number of hydrogen-bond donors (Lipinski definition) is 2. The SMILES string of the molecule is CCN1c2ncc(/C=C\c3cn[nH]c3)cc2C(=O)Nc2c(C)ccnc21. The number of pyridine rings is 2. The minimum atomic E-state index is -0.181. The van der Waals surface area contributed by atoms with Crippen molar-refractivity contribution in [1.82, 2.24) is 20.2 Å². The quantitative estimate of drug-likeness (QED) is 0.759. The maximum Gasteiger partial charge on any atom is 0.259 e. The van der Waals surface area contributed by atoms with Crippen LogP contribution in [0.1, 0.15) is 34.0 Å². The number of anilines is 3. The molecule has 130 valence electrons. The predicted octanol–water partition coefficient (Wildman–Crippen LogP) is 3.40. The standard InChI is InChI=1S/C19H18N6O/c1-3-25-17-15(19(26)24-16-12(2)6-7-20-18(16)25)8-13(9-21-17)4-5-14-10-22-23-11-14/h4-11H,3H2,1-2H3,(H,22,23)(H,24,26)/b5-4-. The lowest BCUT2D eigenvalue weighted by Gasteiger charge is -2.22. The summed E-state index contributed by atoms with van der Waals surface area (Å²) in [4.78, 5) is 23.8. The van der Waals surface area contributed by atoms with E-state index in [-0.39, 0.29) is 5.91 Å². The van der Waals surface area contributed by atoms with Crippen LogP contribution in [0.5, 0.6) is 0 Å². The molecule has 0 bridgehead atoms. The molecule has 4 heterocycles. The third-order valence-corrected chi connectivity index (χ3v) is 4.33. The lowest BCUT2D eigenvalue weighted by atomic mass is 10.1. The van der Waals surface area contributed by atoms with Crippen LogP contribution in [-0.4, -0.2) is 32.6 Å². The number of aromatic amines is 1. The monoisotopic (exact) mass is 346 g/mol. The predicted molar refractivity (Wildman–Crippen MR) is 101 cm³/mol. The zero-order chi connectivity index (χ0) is 18.1. The minimum Gasteiger partial charge on any atom is -0.318 e. The summed E-state index contributed by atoms with van der Waals surface area (Å²) < 4.78 is 0. The topological polar surface area (TPSA) is 86.8 Å². The van der Waals surface area contributed by atoms with Gasteiger partial charge in [0, 0.05) is 30.7 Å². The number of nitrogens with zero attached hydrogens (tertiary/aromatic N) is 4. The summed E-state index contributed by atoms with van der Waals surface area (Å²) in [6.07, 6.45) is 10.8. The lowest BCUT2D eigenvalue weighted by molar-refractivity contribution is 0.102. The van der Waals surface area contributed by atoms with Crippen molar-refractivity contribution in [3.8, 4) is 0 Å². The molecule has 1 aliphatic heterocycles. The van der Waals surface area contributed by atoms with Crippen molar-refractivity contribution in [2.45, 2.75) is 13.8 Å². The van der Waals surface area contributed by atoms with Crippen molar-refractivity contribution in [2.24, 2.45) is 0 Å². The molecule has 2 N–H and O–H groups in total. The Bertz CT molecular complexity index is 993. The molecular formula is C19H18N6O. The van der Waals surface area contributed by atoms with Gasteiger partial charge in [0.25, 0.3) is 5.91 Å². The number of carbonyl (C=O) groups excluding carboxylic acids is 1. The van der Waals surface area contributed by atoms with Crippen LogP contribution < -0.4 is 10.2 Å². The molecule has 0 fully saturated rings. The van der Waals surface area contributed by atoms with Crippen LogP contribution in [0.15, 0.2) is 36.9 Å². The molecule has 7 nitrogen and oxygen atoms in total. The van der Waals surface area contributed by atoms with Gasteiger partial charge in [-0.05, 0) is 37.1 Å². The second-order valence-corrected chi connectivity index (χ2v) is 6.03. The van der Waals surface area contributed by atoms with Crippen LogP contribution in [0, 0.1) is 6.92 Å². The second-order valence-electron chi connectivity index (χ2n) is 6.03. The van der Waals surface area contributed by atoms with Gasteiger partial charge in [0.05, 0.1) is 17.4 Å². The number of rotatable bonds is 3. The number of amides is 1. The zero-order valence-corrected chi connectivity index (χ0v) is 14.5. The fourth-order valence-corrected chi connectivity index (χ4v) is 2.98. The first-order chi connectivity index (χ1) is 12.7. The average molecular weight is 346 g/mol. The molecule has 7 heteroatoms. The molecule has 0 atom stereocenters. The molecule has 0 unspecified atom stereocenters. The maximum atomic E-state index is 12.8. The summed E-state index contributed by atoms with van der Waals surface area (Å²) >= 11 is 0. The number of hydrogen-bond acceptors (Lipinski definition) is 5. The van der Waals surface area contributed by atoms with Crippen LogP contribution in [0.25, 0.3) is 12.2 Å². The summed E-state index contributed by atoms with van der Waals surface area (Å²) in [5.74, 6) is 1.15. The molecular weight excluding hydrogens is 328 g/mol. The minimum absolute atomic E-state index is 0.181. The normalized spacial score (nSPS) is 13.3. The molecule has 3 aromatic rings. The smallest absolute Gasteiger partial charge is 0.259 e. The van der Waals surface area contributed by atoms with Gasteiger partial charge in [-0.2, -0.15) is 5.10 Å². The first kappa shape index (κ1) is 16.0. The van der Waals surface area contributed by atoms with Crippen LogP contribution in [0.3, 0.4) is 0 Å². The van der Waals surface area contributed by atoms with E-state index in [0.29, 0.717) is 23.7 Å². The van der Waals surface area contributed by atoms with Gasteiger partial charge in [-0.3, -0.25) is 9.89 Å². The Labute approximate surface area is 150 Å². The first-order valence-electron chi connectivity index (χ1n) is 8.38. The van der Waals surface area contributed by atoms with E-state index in [4.69, 9.17) is 0 Å². The van der Waals surface area contributed by atoms with Crippen LogP contribution >= 0.6 is 0 Å². The highest BCUT2D eigenvalue weighted by Crippen LogP contribution is 2.36. The van der Waals surface area contributed by atoms with Gasteiger partial charge in [-0.15, -0.1) is 0 Å². The van der Waals surface area contributed by atoms with Crippen molar-refractivity contribution in [3.05, 3.63) is 59.2 Å². The van der Waals surface area contributed by atoms with E-state index in [0.717, 1.165) is 22.4 Å². The molecule has 0 radical (unpaired) electrons. The Hall–Kier alpha value is -3.48. The van der Waals surface area contributed by atoms with Gasteiger partial charge in [-0.25, -0.2) is 9.97 Å². The Balaban J connectivity index is 1.79. The number of aryl methyl sites for hydroxylation is 1. The Morgan fingerprint density at radius 1 is 1.15 bits per heavy atom. The van der Waals surface area contributed by atoms with Gasteiger partial charge in [0.15, 0.2) is 5.82 Å². The number of aromatic nitrogens is 4. The van der Waals surface area contributed by atoms with Crippen molar-refractivity contribution < 1.29 is 4.79 Å². The third-order valence-electron chi connectivity index (χ3n) is 4.33. The van der Waals surface area contributed by atoms with Crippen LogP contribution in [-0.2, 0) is 0 Å². The van der Waals surface area contributed by atoms with E-state index in [1.807, 2.05) is 43.0 Å². The van der Waals surface area contributed by atoms with Crippen LogP contribution in [0.4, 0.5) is 17.3 Å². The van der Waals surface area contributed by atoms with Gasteiger partial charge in [0.1, 0.15) is 5.82 Å². The Morgan fingerprint density at radius 2 is 2.00 bits per heavy atom. The highest BCUT2D eigenvalue weighted by atomic mass is 16.1. The van der Waals surface area contributed by atoms with Gasteiger partial charge in [0.2, 0.25) is 0 Å². The molecule has 1 amide bonds. The lowest BCUT2D eigenvalue weighted by Crippen LogP contribution is -2.20. The molecule has 26 heavy (non-hydrogen) atoms. The van der Waals surface area contributed by atoms with Crippen molar-refractivity contribution in [2.75, 3.05) is 16.8 Å². The molecule has 4 rings (SSSR count). The van der Waals surface area contributed by atoms with E-state index in [1.54, 1.807) is 24.8 Å². The Kier molecular flexibility index (Phi) is 3.96. The summed E-state index contributed by atoms with van der Waals surface area (Å²) in [6.45, 7) is 4.63. The molecule has 0 aliphatic carbocycles. The highest BCUT2D eigenvalue weighted by Gasteiger charge is 2.27. The van der Waals surface area contributed by atoms with Crippen LogP contribution in [0.2, 0.25) is 0 Å². The fourth-order valence-electron chi connectivity index (χ4n) is 2.98. The average Bonchev–Trinajstić information content (AvgIpc) is 3.13. The van der Waals surface area contributed by atoms with E-state index >= 15 is 0 Å². The van der Waals surface area contributed by atoms with Gasteiger partial charge >= 0.3 is 0 Å². The van der Waals surface area contributed by atoms with E-state index in [2.05, 4.69) is 25.5 Å². The summed E-state index contributed by atoms with van der Waals surface area (Å²) in [6, 6.07) is 3.73. The molecule has 3 aromatic heterocycles. The fraction of sp³-hybridized carbons (Fsp3) is 0.158. The molecule has 0 aromatic carbocycles. The number of nitrogens with one attached hydrogen (secondary N) is 2. The number of fused-ring (bicyclic) bond motifs is 2. The molecule has 1 aliphatic rings. The summed E-state index contributed by atoms with van der Waals surface area (Å²) in [5, 5.41) is 9.66. The number of H-pyrrole nitrogens is 1. The highest BCUT2D eigenvalue weighted by molar-refractivity contribution is 6.12. The van der Waals surface area contributed by atoms with E-state index in [9.17, 15) is 4.79 Å². The van der Waals surface area contributed by atoms with Gasteiger partial charge in [-0.1, -0.05) is 12.2 Å². The molecule has 0 spiro atoms. The van der Waals surface area contributed by atoms with Crippen molar-refractivity contribution in [1.29, 1.82) is 0 Å². The second kappa shape index (κ2) is 6.44. The van der Waals surface area contributed by atoms with E-state index in [1.165, 1.54) is 0 Å².